The average molecular weight is 300 g/mol. The van der Waals surface area contributed by atoms with Gasteiger partial charge >= 0.3 is 0 Å². The van der Waals surface area contributed by atoms with Crippen LogP contribution in [0.2, 0.25) is 5.02 Å². The first-order valence-electron chi connectivity index (χ1n) is 4.49. The highest BCUT2D eigenvalue weighted by Crippen LogP contribution is 2.32. The summed E-state index contributed by atoms with van der Waals surface area (Å²) in [4.78, 5) is 3.99. The number of ether oxygens (including phenoxy) is 1. The van der Waals surface area contributed by atoms with Crippen LogP contribution in [0.1, 0.15) is 0 Å². The Labute approximate surface area is 106 Å². The van der Waals surface area contributed by atoms with Crippen molar-refractivity contribution < 1.29 is 4.74 Å². The topological polar surface area (TPSA) is 48.1 Å². The molecule has 0 aliphatic rings. The molecule has 0 aliphatic heterocycles. The first-order chi connectivity index (χ1) is 7.66. The second kappa shape index (κ2) is 4.72. The van der Waals surface area contributed by atoms with Gasteiger partial charge in [0.25, 0.3) is 0 Å². The van der Waals surface area contributed by atoms with Crippen molar-refractivity contribution in [2.45, 2.75) is 0 Å². The van der Waals surface area contributed by atoms with Crippen LogP contribution in [0, 0.1) is 0 Å². The number of aromatic nitrogens is 1. The third kappa shape index (κ3) is 2.46. The van der Waals surface area contributed by atoms with E-state index < -0.39 is 0 Å². The van der Waals surface area contributed by atoms with Crippen molar-refractivity contribution in [3.05, 3.63) is 46.2 Å². The van der Waals surface area contributed by atoms with Crippen LogP contribution >= 0.6 is 27.5 Å². The molecule has 1 aromatic carbocycles. The molecule has 0 spiro atoms. The number of nitrogen functional groups attached to an aromatic ring is 1. The lowest BCUT2D eigenvalue weighted by atomic mass is 10.3. The van der Waals surface area contributed by atoms with Gasteiger partial charge in [-0.15, -0.1) is 0 Å². The van der Waals surface area contributed by atoms with E-state index in [0.29, 0.717) is 22.2 Å². The summed E-state index contributed by atoms with van der Waals surface area (Å²) in [7, 11) is 0. The molecule has 2 N–H and O–H groups in total. The largest absolute Gasteiger partial charge is 0.453 e. The van der Waals surface area contributed by atoms with Gasteiger partial charge in [-0.05, 0) is 34.1 Å². The molecule has 0 amide bonds. The molecule has 0 atom stereocenters. The van der Waals surface area contributed by atoms with E-state index in [1.54, 1.807) is 36.7 Å². The first kappa shape index (κ1) is 11.2. The number of para-hydroxylation sites is 1. The van der Waals surface area contributed by atoms with Crippen LogP contribution in [0.4, 0.5) is 5.69 Å². The van der Waals surface area contributed by atoms with E-state index in [9.17, 15) is 0 Å². The molecule has 0 unspecified atom stereocenters. The van der Waals surface area contributed by atoms with E-state index in [2.05, 4.69) is 20.9 Å². The van der Waals surface area contributed by atoms with Crippen LogP contribution in [-0.4, -0.2) is 4.98 Å². The van der Waals surface area contributed by atoms with Crippen LogP contribution < -0.4 is 10.5 Å². The van der Waals surface area contributed by atoms with Crippen molar-refractivity contribution in [2.24, 2.45) is 0 Å². The van der Waals surface area contributed by atoms with Gasteiger partial charge in [0.15, 0.2) is 5.75 Å². The highest BCUT2D eigenvalue weighted by molar-refractivity contribution is 9.10. The number of pyridine rings is 1. The number of nitrogens with zero attached hydrogens (tertiary/aromatic N) is 1. The minimum atomic E-state index is 0.421. The van der Waals surface area contributed by atoms with Crippen LogP contribution in [-0.2, 0) is 0 Å². The van der Waals surface area contributed by atoms with Gasteiger partial charge in [-0.25, -0.2) is 0 Å². The van der Waals surface area contributed by atoms with Gasteiger partial charge in [0.05, 0.1) is 16.9 Å². The maximum absolute atomic E-state index is 5.88. The summed E-state index contributed by atoms with van der Waals surface area (Å²) in [5, 5.41) is 0.473. The molecule has 0 bridgehead atoms. The van der Waals surface area contributed by atoms with Crippen LogP contribution in [0.3, 0.4) is 0 Å². The van der Waals surface area contributed by atoms with E-state index in [1.807, 2.05) is 0 Å². The molecule has 0 fully saturated rings. The summed E-state index contributed by atoms with van der Waals surface area (Å²) in [6, 6.07) is 7.04. The lowest BCUT2D eigenvalue weighted by Crippen LogP contribution is -1.93. The van der Waals surface area contributed by atoms with Gasteiger partial charge in [0.2, 0.25) is 0 Å². The summed E-state index contributed by atoms with van der Waals surface area (Å²) >= 11 is 9.19. The van der Waals surface area contributed by atoms with Gasteiger partial charge in [0.1, 0.15) is 5.75 Å². The van der Waals surface area contributed by atoms with E-state index >= 15 is 0 Å². The van der Waals surface area contributed by atoms with Gasteiger partial charge in [-0.1, -0.05) is 17.7 Å². The Morgan fingerprint density at radius 2 is 2.12 bits per heavy atom. The summed E-state index contributed by atoms with van der Waals surface area (Å²) in [5.74, 6) is 1.12. The summed E-state index contributed by atoms with van der Waals surface area (Å²) in [6.07, 6.45) is 3.28. The lowest BCUT2D eigenvalue weighted by molar-refractivity contribution is 0.482. The van der Waals surface area contributed by atoms with Crippen LogP contribution in [0.15, 0.2) is 41.1 Å². The molecular weight excluding hydrogens is 291 g/mol. The second-order valence-corrected chi connectivity index (χ2v) is 4.42. The zero-order valence-corrected chi connectivity index (χ0v) is 10.5. The molecule has 0 radical (unpaired) electrons. The van der Waals surface area contributed by atoms with Gasteiger partial charge in [-0.2, -0.15) is 0 Å². The fraction of sp³-hybridized carbons (Fsp3) is 0. The standard InChI is InChI=1S/C11H8BrClN2O/c12-7-4-8(6-15-5-7)16-10-3-1-2-9(13)11(10)14/h1-6H,14H2. The second-order valence-electron chi connectivity index (χ2n) is 3.09. The monoisotopic (exact) mass is 298 g/mol. The number of anilines is 1. The van der Waals surface area contributed by atoms with Crippen molar-refractivity contribution >= 4 is 33.2 Å². The minimum absolute atomic E-state index is 0.421. The summed E-state index contributed by atoms with van der Waals surface area (Å²) in [6.45, 7) is 0. The maximum Gasteiger partial charge on any atom is 0.151 e. The first-order valence-corrected chi connectivity index (χ1v) is 5.66. The Hall–Kier alpha value is -1.26. The fourth-order valence-corrected chi connectivity index (χ4v) is 1.69. The third-order valence-corrected chi connectivity index (χ3v) is 2.68. The molecule has 82 valence electrons. The molecular formula is C11H8BrClN2O. The van der Waals surface area contributed by atoms with E-state index in [4.69, 9.17) is 22.1 Å². The van der Waals surface area contributed by atoms with E-state index in [0.717, 1.165) is 4.47 Å². The van der Waals surface area contributed by atoms with Crippen molar-refractivity contribution in [1.82, 2.24) is 4.98 Å². The Bertz CT molecular complexity index is 519. The smallest absolute Gasteiger partial charge is 0.151 e. The molecule has 0 aliphatic carbocycles. The normalized spacial score (nSPS) is 10.1. The minimum Gasteiger partial charge on any atom is -0.453 e. The molecule has 2 rings (SSSR count). The van der Waals surface area contributed by atoms with E-state index in [1.165, 1.54) is 0 Å². The highest BCUT2D eigenvalue weighted by atomic mass is 79.9. The van der Waals surface area contributed by atoms with Crippen molar-refractivity contribution in [1.29, 1.82) is 0 Å². The third-order valence-electron chi connectivity index (χ3n) is 1.92. The summed E-state index contributed by atoms with van der Waals surface area (Å²) < 4.78 is 6.41. The van der Waals surface area contributed by atoms with Gasteiger partial charge in [-0.3, -0.25) is 4.98 Å². The molecule has 3 nitrogen and oxygen atoms in total. The maximum atomic E-state index is 5.88. The van der Waals surface area contributed by atoms with E-state index in [-0.39, 0.29) is 0 Å². The zero-order chi connectivity index (χ0) is 11.5. The molecule has 0 saturated carbocycles. The van der Waals surface area contributed by atoms with Crippen molar-refractivity contribution in [3.8, 4) is 11.5 Å². The Balaban J connectivity index is 2.31. The molecule has 5 heteroatoms. The molecule has 2 aromatic rings. The zero-order valence-electron chi connectivity index (χ0n) is 8.15. The predicted octanol–water partition coefficient (Wildman–Crippen LogP) is 3.87. The number of hydrogen-bond acceptors (Lipinski definition) is 3. The molecule has 1 heterocycles. The number of halogens is 2. The number of rotatable bonds is 2. The molecule has 0 saturated heterocycles. The SMILES string of the molecule is Nc1c(Cl)cccc1Oc1cncc(Br)c1. The molecule has 1 aromatic heterocycles. The number of hydrogen-bond donors (Lipinski definition) is 1. The average Bonchev–Trinajstić information content (AvgIpc) is 2.25. The lowest BCUT2D eigenvalue weighted by Gasteiger charge is -2.08. The highest BCUT2D eigenvalue weighted by Gasteiger charge is 2.05. The van der Waals surface area contributed by atoms with Gasteiger partial charge < -0.3 is 10.5 Å². The van der Waals surface area contributed by atoms with Crippen LogP contribution in [0.5, 0.6) is 11.5 Å². The fourth-order valence-electron chi connectivity index (χ4n) is 1.18. The van der Waals surface area contributed by atoms with Gasteiger partial charge in [0, 0.05) is 10.7 Å². The Morgan fingerprint density at radius 3 is 2.88 bits per heavy atom. The summed E-state index contributed by atoms with van der Waals surface area (Å²) in [5.41, 5.74) is 6.20. The van der Waals surface area contributed by atoms with Crippen LogP contribution in [0.25, 0.3) is 0 Å². The Kier molecular flexibility index (Phi) is 3.31. The molecule has 16 heavy (non-hydrogen) atoms. The number of nitrogens with two attached hydrogens (primary N) is 1. The van der Waals surface area contributed by atoms with Crippen molar-refractivity contribution in [3.63, 3.8) is 0 Å². The Morgan fingerprint density at radius 1 is 1.31 bits per heavy atom. The number of benzene rings is 1. The predicted molar refractivity (Wildman–Crippen MR) is 67.9 cm³/mol. The van der Waals surface area contributed by atoms with Crippen molar-refractivity contribution in [2.75, 3.05) is 5.73 Å². The quantitative estimate of drug-likeness (QED) is 0.856.